The summed E-state index contributed by atoms with van der Waals surface area (Å²) in [7, 11) is 3.67. The molecule has 6 nitrogen and oxygen atoms in total. The van der Waals surface area contributed by atoms with Crippen LogP contribution in [0.1, 0.15) is 74.0 Å². The maximum absolute atomic E-state index is 13.0. The van der Waals surface area contributed by atoms with Gasteiger partial charge in [0, 0.05) is 53.6 Å². The zero-order chi connectivity index (χ0) is 26.9. The number of anilines is 1. The highest BCUT2D eigenvalue weighted by atomic mass is 16.6. The molecule has 0 unspecified atom stereocenters. The lowest BCUT2D eigenvalue weighted by atomic mass is 9.34. The number of para-hydroxylation sites is 1. The summed E-state index contributed by atoms with van der Waals surface area (Å²) in [5.41, 5.74) is 4.65. The summed E-state index contributed by atoms with van der Waals surface area (Å²) in [6.07, 6.45) is 10.1. The topological polar surface area (TPSA) is 60.0 Å². The number of hydrogen-bond donors (Lipinski definition) is 1. The predicted molar refractivity (Wildman–Crippen MR) is 152 cm³/mol. The lowest BCUT2D eigenvalue weighted by molar-refractivity contribution is -0.261. The summed E-state index contributed by atoms with van der Waals surface area (Å²) in [6.45, 7) is 2.37. The normalized spacial score (nSPS) is 38.5. The molecule has 10 rings (SSSR count). The lowest BCUT2D eigenvalue weighted by Gasteiger charge is -2.74. The van der Waals surface area contributed by atoms with Crippen molar-refractivity contribution in [2.45, 2.75) is 86.9 Å². The minimum atomic E-state index is -0.468. The highest BCUT2D eigenvalue weighted by Crippen LogP contribution is 2.78. The van der Waals surface area contributed by atoms with Crippen molar-refractivity contribution in [1.29, 1.82) is 0 Å². The van der Waals surface area contributed by atoms with E-state index in [4.69, 9.17) is 14.2 Å². The van der Waals surface area contributed by atoms with E-state index in [1.54, 1.807) is 7.11 Å². The monoisotopic (exact) mass is 540 g/mol. The number of nitrogens with zero attached hydrogens (tertiary/aromatic N) is 1. The second-order valence-electron chi connectivity index (χ2n) is 13.9. The highest BCUT2D eigenvalue weighted by molar-refractivity contribution is 5.94. The van der Waals surface area contributed by atoms with Gasteiger partial charge in [0.2, 0.25) is 5.91 Å². The summed E-state index contributed by atoms with van der Waals surface area (Å²) in [5.74, 6) is 3.18. The molecule has 210 valence electrons. The zero-order valence-corrected chi connectivity index (χ0v) is 23.7. The summed E-state index contributed by atoms with van der Waals surface area (Å²) in [4.78, 5) is 15.9. The van der Waals surface area contributed by atoms with Crippen LogP contribution in [0.4, 0.5) is 5.69 Å². The van der Waals surface area contributed by atoms with E-state index in [1.165, 1.54) is 36.1 Å². The lowest BCUT2D eigenvalue weighted by Crippen LogP contribution is -2.80. The number of fused-ring (bicyclic) bond motifs is 2. The Morgan fingerprint density at radius 3 is 2.70 bits per heavy atom. The van der Waals surface area contributed by atoms with Gasteiger partial charge in [-0.1, -0.05) is 24.3 Å². The zero-order valence-electron chi connectivity index (χ0n) is 23.7. The molecular formula is C34H40N2O4. The molecule has 6 aliphatic carbocycles. The minimum Gasteiger partial charge on any atom is -0.493 e. The molecule has 1 saturated heterocycles. The van der Waals surface area contributed by atoms with Gasteiger partial charge in [0.05, 0.1) is 7.11 Å². The molecule has 6 fully saturated rings. The van der Waals surface area contributed by atoms with Crippen molar-refractivity contribution in [2.75, 3.05) is 32.6 Å². The van der Waals surface area contributed by atoms with Crippen molar-refractivity contribution in [3.05, 3.63) is 53.1 Å². The van der Waals surface area contributed by atoms with E-state index in [-0.39, 0.29) is 34.7 Å². The fourth-order valence-electron chi connectivity index (χ4n) is 10.4. The van der Waals surface area contributed by atoms with Crippen molar-refractivity contribution < 1.29 is 19.0 Å². The first-order valence-corrected chi connectivity index (χ1v) is 15.6. The first-order chi connectivity index (χ1) is 19.5. The number of methoxy groups -OCH3 is 2. The van der Waals surface area contributed by atoms with Crippen LogP contribution in [0.5, 0.6) is 11.5 Å². The third kappa shape index (κ3) is 2.85. The van der Waals surface area contributed by atoms with Crippen LogP contribution in [0.3, 0.4) is 0 Å². The summed E-state index contributed by atoms with van der Waals surface area (Å²) in [6, 6.07) is 13.5. The largest absolute Gasteiger partial charge is 0.493 e. The second kappa shape index (κ2) is 8.04. The molecule has 8 aliphatic rings. The molecule has 2 aliphatic heterocycles. The molecule has 0 radical (unpaired) electrons. The Morgan fingerprint density at radius 1 is 1.07 bits per heavy atom. The number of piperidine rings is 1. The van der Waals surface area contributed by atoms with E-state index in [0.717, 1.165) is 74.6 Å². The Balaban J connectivity index is 1.23. The second-order valence-corrected chi connectivity index (χ2v) is 13.9. The van der Waals surface area contributed by atoms with Gasteiger partial charge in [-0.3, -0.25) is 9.69 Å². The number of carbonyl (C=O) groups is 1. The highest BCUT2D eigenvalue weighted by Gasteiger charge is 2.80. The predicted octanol–water partition coefficient (Wildman–Crippen LogP) is 5.44. The van der Waals surface area contributed by atoms with E-state index in [2.05, 4.69) is 46.6 Å². The minimum absolute atomic E-state index is 0.0634. The number of benzene rings is 2. The number of likely N-dealkylation sites (tertiary alicyclic amines) is 1. The third-order valence-electron chi connectivity index (χ3n) is 12.4. The molecule has 6 heteroatoms. The van der Waals surface area contributed by atoms with Crippen LogP contribution < -0.4 is 14.8 Å². The molecule has 4 bridgehead atoms. The summed E-state index contributed by atoms with van der Waals surface area (Å²) in [5, 5.41) is 3.33. The number of nitrogens with one attached hydrogen (secondary N) is 1. The van der Waals surface area contributed by atoms with Gasteiger partial charge in [-0.25, -0.2) is 0 Å². The number of rotatable bonds is 7. The van der Waals surface area contributed by atoms with Crippen LogP contribution in [0.15, 0.2) is 36.4 Å². The van der Waals surface area contributed by atoms with Crippen LogP contribution >= 0.6 is 0 Å². The van der Waals surface area contributed by atoms with Crippen molar-refractivity contribution in [3.63, 3.8) is 0 Å². The Labute approximate surface area is 236 Å². The van der Waals surface area contributed by atoms with Gasteiger partial charge in [-0.2, -0.15) is 0 Å². The van der Waals surface area contributed by atoms with Gasteiger partial charge in [-0.15, -0.1) is 0 Å². The molecule has 2 heterocycles. The summed E-state index contributed by atoms with van der Waals surface area (Å²) < 4.78 is 19.9. The van der Waals surface area contributed by atoms with E-state index < -0.39 is 5.60 Å². The van der Waals surface area contributed by atoms with Crippen LogP contribution in [-0.4, -0.2) is 55.9 Å². The SMILES string of the molecule is COc1ccc2c3c1O[C@H]1[C@@]4(OC)CC[C@@]5(C[C@@H]4c4ccccc4NC(=O)C4CC4)[C@@H](C2)N(CC2CC2)CC[C@]315. The van der Waals surface area contributed by atoms with Gasteiger partial charge in [-0.05, 0) is 93.5 Å². The van der Waals surface area contributed by atoms with Crippen molar-refractivity contribution >= 4 is 11.6 Å². The number of carbonyl (C=O) groups excluding carboxylic acids is 1. The van der Waals surface area contributed by atoms with Gasteiger partial charge in [0.1, 0.15) is 11.7 Å². The standard InChI is InChI=1S/C34H40N2O4/c1-38-26-12-11-22-17-27-32-13-14-34(39-2,24(18-32)23-5-3-4-6-25(23)35-30(37)21-9-10-21)31-33(32,28(22)29(26)40-31)15-16-36(27)19-20-7-8-20/h3-6,11-12,20-21,24,27,31H,7-10,13-19H2,1-2H3,(H,35,37)/t24-,27-,31-,32-,33+,34-/m1/s1. The van der Waals surface area contributed by atoms with Gasteiger partial charge >= 0.3 is 0 Å². The first-order valence-electron chi connectivity index (χ1n) is 15.6. The molecule has 2 aromatic carbocycles. The number of amides is 1. The maximum atomic E-state index is 13.0. The molecule has 2 aromatic rings. The van der Waals surface area contributed by atoms with Crippen LogP contribution in [-0.2, 0) is 21.4 Å². The van der Waals surface area contributed by atoms with Gasteiger partial charge in [0.15, 0.2) is 11.5 Å². The molecule has 2 spiro atoms. The molecular weight excluding hydrogens is 500 g/mol. The Kier molecular flexibility index (Phi) is 4.84. The Morgan fingerprint density at radius 2 is 1.93 bits per heavy atom. The number of hydrogen-bond acceptors (Lipinski definition) is 5. The molecule has 5 saturated carbocycles. The molecule has 40 heavy (non-hydrogen) atoms. The number of ether oxygens (including phenoxy) is 3. The van der Waals surface area contributed by atoms with Crippen molar-refractivity contribution in [2.24, 2.45) is 17.3 Å². The Hall–Kier alpha value is -2.57. The van der Waals surface area contributed by atoms with Crippen molar-refractivity contribution in [3.8, 4) is 11.5 Å². The smallest absolute Gasteiger partial charge is 0.227 e. The van der Waals surface area contributed by atoms with E-state index in [1.807, 2.05) is 7.11 Å². The summed E-state index contributed by atoms with van der Waals surface area (Å²) >= 11 is 0. The fourth-order valence-corrected chi connectivity index (χ4v) is 10.4. The first kappa shape index (κ1) is 24.1. The Bertz CT molecular complexity index is 1420. The van der Waals surface area contributed by atoms with Gasteiger partial charge < -0.3 is 19.5 Å². The van der Waals surface area contributed by atoms with Gasteiger partial charge in [0.25, 0.3) is 0 Å². The quantitative estimate of drug-likeness (QED) is 0.507. The molecule has 6 atom stereocenters. The van der Waals surface area contributed by atoms with E-state index in [9.17, 15) is 4.79 Å². The third-order valence-corrected chi connectivity index (χ3v) is 12.4. The van der Waals surface area contributed by atoms with Crippen molar-refractivity contribution in [1.82, 2.24) is 4.90 Å². The van der Waals surface area contributed by atoms with Crippen LogP contribution in [0.25, 0.3) is 0 Å². The van der Waals surface area contributed by atoms with Crippen LogP contribution in [0, 0.1) is 17.3 Å². The van der Waals surface area contributed by atoms with E-state index in [0.29, 0.717) is 6.04 Å². The average molecular weight is 541 g/mol. The molecule has 0 aromatic heterocycles. The average Bonchev–Trinajstić information content (AvgIpc) is 3.91. The molecule has 1 amide bonds. The van der Waals surface area contributed by atoms with E-state index >= 15 is 0 Å². The fraction of sp³-hybridized carbons (Fsp3) is 0.618. The van der Waals surface area contributed by atoms with Crippen LogP contribution in [0.2, 0.25) is 0 Å². The molecule has 1 N–H and O–H groups in total. The maximum Gasteiger partial charge on any atom is 0.227 e.